The van der Waals surface area contributed by atoms with Crippen molar-refractivity contribution in [3.63, 3.8) is 0 Å². The van der Waals surface area contributed by atoms with E-state index in [0.29, 0.717) is 33.1 Å². The first-order chi connectivity index (χ1) is 14.1. The molecule has 5 nitrogen and oxygen atoms in total. The van der Waals surface area contributed by atoms with E-state index in [9.17, 15) is 9.59 Å². The van der Waals surface area contributed by atoms with Crippen LogP contribution in [0.5, 0.6) is 5.75 Å². The lowest BCUT2D eigenvalue weighted by Gasteiger charge is -2.09. The molecule has 0 bridgehead atoms. The quantitative estimate of drug-likeness (QED) is 0.368. The number of ether oxygens (including phenoxy) is 1. The highest BCUT2D eigenvalue weighted by molar-refractivity contribution is 6.34. The van der Waals surface area contributed by atoms with Gasteiger partial charge < -0.3 is 10.1 Å². The molecular formula is C23H15ClN2O3. The van der Waals surface area contributed by atoms with E-state index in [1.165, 1.54) is 0 Å². The number of carbonyl (C=O) groups is 2. The molecule has 0 saturated heterocycles. The molecule has 0 saturated carbocycles. The van der Waals surface area contributed by atoms with Crippen LogP contribution in [-0.2, 0) is 0 Å². The monoisotopic (exact) mass is 402 g/mol. The average Bonchev–Trinajstić information content (AvgIpc) is 2.75. The van der Waals surface area contributed by atoms with Crippen LogP contribution in [0.15, 0.2) is 85.1 Å². The highest BCUT2D eigenvalue weighted by atomic mass is 35.5. The van der Waals surface area contributed by atoms with Crippen molar-refractivity contribution in [2.24, 2.45) is 0 Å². The van der Waals surface area contributed by atoms with Gasteiger partial charge in [0.05, 0.1) is 21.7 Å². The number of nitrogens with zero attached hydrogens (tertiary/aromatic N) is 1. The Bertz CT molecular complexity index is 1200. The van der Waals surface area contributed by atoms with Gasteiger partial charge in [-0.25, -0.2) is 4.79 Å². The number of pyridine rings is 1. The minimum Gasteiger partial charge on any atom is -0.423 e. The average molecular weight is 403 g/mol. The minimum atomic E-state index is -0.498. The van der Waals surface area contributed by atoms with Gasteiger partial charge in [-0.1, -0.05) is 41.9 Å². The van der Waals surface area contributed by atoms with Crippen LogP contribution < -0.4 is 10.1 Å². The molecule has 1 heterocycles. The van der Waals surface area contributed by atoms with E-state index < -0.39 is 5.97 Å². The van der Waals surface area contributed by atoms with Crippen molar-refractivity contribution in [1.29, 1.82) is 0 Å². The first-order valence-electron chi connectivity index (χ1n) is 8.84. The Morgan fingerprint density at radius 2 is 1.55 bits per heavy atom. The van der Waals surface area contributed by atoms with Gasteiger partial charge in [0.2, 0.25) is 0 Å². The predicted octanol–water partition coefficient (Wildman–Crippen LogP) is 5.36. The zero-order valence-corrected chi connectivity index (χ0v) is 15.9. The minimum absolute atomic E-state index is 0.317. The molecule has 0 aliphatic carbocycles. The van der Waals surface area contributed by atoms with E-state index in [0.717, 1.165) is 5.39 Å². The fourth-order valence-electron chi connectivity index (χ4n) is 2.88. The summed E-state index contributed by atoms with van der Waals surface area (Å²) in [6.07, 6.45) is 1.63. The first kappa shape index (κ1) is 18.7. The highest BCUT2D eigenvalue weighted by Gasteiger charge is 2.14. The Morgan fingerprint density at radius 3 is 2.34 bits per heavy atom. The first-order valence-corrected chi connectivity index (χ1v) is 9.21. The summed E-state index contributed by atoms with van der Waals surface area (Å²) in [6, 6.07) is 22.4. The Kier molecular flexibility index (Phi) is 5.22. The van der Waals surface area contributed by atoms with Crippen LogP contribution in [-0.4, -0.2) is 16.9 Å². The smallest absolute Gasteiger partial charge is 0.345 e. The van der Waals surface area contributed by atoms with Gasteiger partial charge >= 0.3 is 5.97 Å². The van der Waals surface area contributed by atoms with Crippen LogP contribution in [0.2, 0.25) is 5.02 Å². The van der Waals surface area contributed by atoms with Crippen LogP contribution in [0.1, 0.15) is 20.7 Å². The summed E-state index contributed by atoms with van der Waals surface area (Å²) in [5, 5.41) is 4.00. The van der Waals surface area contributed by atoms with Crippen molar-refractivity contribution >= 4 is 40.1 Å². The third-order valence-corrected chi connectivity index (χ3v) is 4.62. The molecule has 0 radical (unpaired) electrons. The van der Waals surface area contributed by atoms with Gasteiger partial charge in [-0.05, 0) is 48.5 Å². The molecule has 1 amide bonds. The maximum Gasteiger partial charge on any atom is 0.345 e. The summed E-state index contributed by atoms with van der Waals surface area (Å²) in [6.45, 7) is 0. The summed E-state index contributed by atoms with van der Waals surface area (Å²) < 4.78 is 5.46. The molecule has 29 heavy (non-hydrogen) atoms. The second-order valence-electron chi connectivity index (χ2n) is 6.23. The summed E-state index contributed by atoms with van der Waals surface area (Å²) >= 11 is 6.04. The van der Waals surface area contributed by atoms with Crippen molar-refractivity contribution in [3.8, 4) is 5.75 Å². The highest BCUT2D eigenvalue weighted by Crippen LogP contribution is 2.22. The standard InChI is InChI=1S/C23H15ClN2O3/c24-20-9-2-1-7-18(20)22(27)26-16-10-12-17(13-11-16)29-23(28)19-8-3-5-15-6-4-14-25-21(15)19/h1-14H,(H,26,27). The van der Waals surface area contributed by atoms with Crippen LogP contribution in [0.3, 0.4) is 0 Å². The number of amides is 1. The Balaban J connectivity index is 1.47. The van der Waals surface area contributed by atoms with Gasteiger partial charge in [0, 0.05) is 17.3 Å². The molecule has 1 N–H and O–H groups in total. The largest absolute Gasteiger partial charge is 0.423 e. The number of esters is 1. The summed E-state index contributed by atoms with van der Waals surface area (Å²) in [4.78, 5) is 29.2. The molecule has 3 aromatic carbocycles. The number of hydrogen-bond acceptors (Lipinski definition) is 4. The number of fused-ring (bicyclic) bond motifs is 1. The maximum absolute atomic E-state index is 12.6. The number of para-hydroxylation sites is 1. The summed E-state index contributed by atoms with van der Waals surface area (Å²) in [7, 11) is 0. The molecule has 1 aromatic heterocycles. The van der Waals surface area contributed by atoms with E-state index >= 15 is 0 Å². The molecule has 4 aromatic rings. The third-order valence-electron chi connectivity index (χ3n) is 4.29. The lowest BCUT2D eigenvalue weighted by molar-refractivity contribution is 0.0736. The van der Waals surface area contributed by atoms with E-state index in [-0.39, 0.29) is 5.91 Å². The maximum atomic E-state index is 12.6. The van der Waals surface area contributed by atoms with Crippen LogP contribution in [0.25, 0.3) is 10.9 Å². The number of hydrogen-bond donors (Lipinski definition) is 1. The number of aromatic nitrogens is 1. The molecule has 142 valence electrons. The van der Waals surface area contributed by atoms with Gasteiger partial charge in [0.15, 0.2) is 0 Å². The number of anilines is 1. The number of nitrogens with one attached hydrogen (secondary N) is 1. The van der Waals surface area contributed by atoms with Gasteiger partial charge in [0.25, 0.3) is 5.91 Å². The van der Waals surface area contributed by atoms with Gasteiger partial charge in [-0.2, -0.15) is 0 Å². The van der Waals surface area contributed by atoms with E-state index in [1.807, 2.05) is 18.2 Å². The van der Waals surface area contributed by atoms with Crippen LogP contribution in [0, 0.1) is 0 Å². The van der Waals surface area contributed by atoms with Crippen molar-refractivity contribution in [1.82, 2.24) is 4.98 Å². The number of rotatable bonds is 4. The second-order valence-corrected chi connectivity index (χ2v) is 6.64. The zero-order chi connectivity index (χ0) is 20.2. The number of halogens is 1. The fraction of sp³-hybridized carbons (Fsp3) is 0. The molecule has 6 heteroatoms. The summed E-state index contributed by atoms with van der Waals surface area (Å²) in [5.41, 5.74) is 1.91. The molecule has 0 spiro atoms. The zero-order valence-electron chi connectivity index (χ0n) is 15.1. The van der Waals surface area contributed by atoms with Crippen molar-refractivity contribution in [2.75, 3.05) is 5.32 Å². The van der Waals surface area contributed by atoms with E-state index in [1.54, 1.807) is 66.9 Å². The third kappa shape index (κ3) is 4.10. The number of benzene rings is 3. The molecule has 0 aliphatic heterocycles. The topological polar surface area (TPSA) is 68.3 Å². The molecule has 0 fully saturated rings. The Labute approximate surface area is 171 Å². The van der Waals surface area contributed by atoms with Crippen molar-refractivity contribution in [2.45, 2.75) is 0 Å². The SMILES string of the molecule is O=C(Nc1ccc(OC(=O)c2cccc3cccnc23)cc1)c1ccccc1Cl. The molecular weight excluding hydrogens is 388 g/mol. The lowest BCUT2D eigenvalue weighted by atomic mass is 10.1. The van der Waals surface area contributed by atoms with Gasteiger partial charge in [-0.15, -0.1) is 0 Å². The molecule has 0 atom stereocenters. The Morgan fingerprint density at radius 1 is 0.828 bits per heavy atom. The van der Waals surface area contributed by atoms with Gasteiger partial charge in [-0.3, -0.25) is 9.78 Å². The molecule has 0 aliphatic rings. The Hall–Kier alpha value is -3.70. The molecule has 4 rings (SSSR count). The summed E-state index contributed by atoms with van der Waals surface area (Å²) in [5.74, 6) is -0.456. The normalized spacial score (nSPS) is 10.5. The van der Waals surface area contributed by atoms with Crippen molar-refractivity contribution < 1.29 is 14.3 Å². The molecule has 0 unspecified atom stereocenters. The van der Waals surface area contributed by atoms with E-state index in [2.05, 4.69) is 10.3 Å². The lowest BCUT2D eigenvalue weighted by Crippen LogP contribution is -2.12. The number of carbonyl (C=O) groups excluding carboxylic acids is 2. The second kappa shape index (κ2) is 8.12. The predicted molar refractivity (Wildman–Crippen MR) is 113 cm³/mol. The van der Waals surface area contributed by atoms with Gasteiger partial charge in [0.1, 0.15) is 5.75 Å². The van der Waals surface area contributed by atoms with Crippen LogP contribution in [0.4, 0.5) is 5.69 Å². The fourth-order valence-corrected chi connectivity index (χ4v) is 3.10. The van der Waals surface area contributed by atoms with Crippen LogP contribution >= 0.6 is 11.6 Å². The van der Waals surface area contributed by atoms with E-state index in [4.69, 9.17) is 16.3 Å². The van der Waals surface area contributed by atoms with Crippen molar-refractivity contribution in [3.05, 3.63) is 101 Å².